The maximum Gasteiger partial charge on any atom is 0.303 e. The molecule has 95 heavy (non-hydrogen) atoms. The minimum absolute atomic E-state index is 0.170. The zero-order valence-corrected chi connectivity index (χ0v) is 55.5. The Labute approximate surface area is 563 Å². The summed E-state index contributed by atoms with van der Waals surface area (Å²) in [5, 5.41) is 12.6. The summed E-state index contributed by atoms with van der Waals surface area (Å²) in [6.45, 7) is 6.65. The third-order valence-corrected chi connectivity index (χ3v) is 18.7. The topological polar surface area (TPSA) is 159 Å². The Kier molecular flexibility index (Phi) is 28.9. The minimum atomic E-state index is -0.749. The van der Waals surface area contributed by atoms with Gasteiger partial charge >= 0.3 is 5.97 Å². The number of unbranched alkanes of at least 4 members (excludes halogenated alkanes) is 6. The van der Waals surface area contributed by atoms with Crippen LogP contribution in [-0.4, -0.2) is 103 Å². The highest BCUT2D eigenvalue weighted by molar-refractivity contribution is 5.73. The van der Waals surface area contributed by atoms with Crippen LogP contribution in [0.15, 0.2) is 212 Å². The fourth-order valence-electron chi connectivity index (χ4n) is 13.8. The van der Waals surface area contributed by atoms with Crippen molar-refractivity contribution in [2.45, 2.75) is 210 Å². The molecule has 3 aliphatic heterocycles. The Hall–Kier alpha value is -6.92. The van der Waals surface area contributed by atoms with E-state index in [0.717, 1.165) is 77.5 Å². The zero-order valence-electron chi connectivity index (χ0n) is 55.5. The summed E-state index contributed by atoms with van der Waals surface area (Å²) in [4.78, 5) is 24.9. The second-order valence-corrected chi connectivity index (χ2v) is 26.0. The maximum atomic E-state index is 13.8. The lowest BCUT2D eigenvalue weighted by atomic mass is 9.75. The summed E-state index contributed by atoms with van der Waals surface area (Å²) < 4.78 is 72.1. The van der Waals surface area contributed by atoms with Gasteiger partial charge in [-0.2, -0.15) is 0 Å². The molecular formula is C81H99NO13. The number of carboxylic acid groups (broad SMARTS) is 1. The van der Waals surface area contributed by atoms with E-state index in [0.29, 0.717) is 78.4 Å². The maximum absolute atomic E-state index is 13.8. The predicted octanol–water partition coefficient (Wildman–Crippen LogP) is 15.2. The number of rotatable bonds is 38. The molecule has 3 aliphatic rings. The molecule has 1 amide bonds. The van der Waals surface area contributed by atoms with Crippen LogP contribution >= 0.6 is 0 Å². The number of carbonyl (C=O) groups excluding carboxylic acids is 1. The van der Waals surface area contributed by atoms with Gasteiger partial charge in [-0.3, -0.25) is 9.59 Å². The van der Waals surface area contributed by atoms with Gasteiger partial charge in [-0.05, 0) is 83.9 Å². The van der Waals surface area contributed by atoms with Gasteiger partial charge < -0.3 is 57.8 Å². The summed E-state index contributed by atoms with van der Waals surface area (Å²) in [7, 11) is 0. The molecule has 0 bridgehead atoms. The Morgan fingerprint density at radius 2 is 0.800 bits per heavy atom. The van der Waals surface area contributed by atoms with Crippen molar-refractivity contribution in [3.63, 3.8) is 0 Å². The molecule has 14 heteroatoms. The molecule has 7 aromatic rings. The molecule has 0 aliphatic carbocycles. The van der Waals surface area contributed by atoms with Gasteiger partial charge in [0.05, 0.1) is 108 Å². The summed E-state index contributed by atoms with van der Waals surface area (Å²) in [6, 6.07) is 71.1. The van der Waals surface area contributed by atoms with Crippen molar-refractivity contribution in [3.8, 4) is 0 Å². The summed E-state index contributed by atoms with van der Waals surface area (Å²) in [6.07, 6.45) is 3.51. The van der Waals surface area contributed by atoms with E-state index in [-0.39, 0.29) is 37.4 Å². The van der Waals surface area contributed by atoms with Gasteiger partial charge in [0.2, 0.25) is 5.91 Å². The van der Waals surface area contributed by atoms with E-state index in [1.54, 1.807) is 6.92 Å². The molecule has 0 unspecified atom stereocenters. The number of ether oxygens (including phenoxy) is 10. The first-order chi connectivity index (χ1) is 46.7. The molecule has 3 saturated heterocycles. The van der Waals surface area contributed by atoms with E-state index in [4.69, 9.17) is 47.4 Å². The first-order valence-corrected chi connectivity index (χ1v) is 34.6. The van der Waals surface area contributed by atoms with E-state index in [2.05, 4.69) is 97.2 Å². The third kappa shape index (κ3) is 22.9. The number of carbonyl (C=O) groups is 2. The Balaban J connectivity index is 1.02. The van der Waals surface area contributed by atoms with Crippen LogP contribution in [0.2, 0.25) is 0 Å². The SMILES string of the molecule is CC(=O)N[C@@H]1[C@@H](OCc2ccccc2)[C@H](C[C@@H]2O[C@H](COCc3ccccc3)[C@H](OCc3ccccc3)C[C@H]2C[C@@H]2O[C@@H](C)[C@@H](OCc3ccccc3)[C@@H](OCc3ccccc3)[C@@H]2OCc2ccccc2)[C@@H](COCc2ccccc2)O[C@H]1CCCCCCCCCC(=O)O. The quantitative estimate of drug-likeness (QED) is 0.0353. The molecule has 506 valence electrons. The molecule has 14 atom stereocenters. The molecule has 3 fully saturated rings. The van der Waals surface area contributed by atoms with Crippen LogP contribution < -0.4 is 5.32 Å². The average molecular weight is 1290 g/mol. The lowest BCUT2D eigenvalue weighted by Gasteiger charge is -2.51. The largest absolute Gasteiger partial charge is 0.481 e. The van der Waals surface area contributed by atoms with Crippen molar-refractivity contribution in [2.75, 3.05) is 13.2 Å². The van der Waals surface area contributed by atoms with Crippen molar-refractivity contribution in [1.82, 2.24) is 5.32 Å². The van der Waals surface area contributed by atoms with Crippen molar-refractivity contribution >= 4 is 11.9 Å². The van der Waals surface area contributed by atoms with E-state index >= 15 is 0 Å². The molecule has 14 nitrogen and oxygen atoms in total. The summed E-state index contributed by atoms with van der Waals surface area (Å²) >= 11 is 0. The highest BCUT2D eigenvalue weighted by atomic mass is 16.6. The Morgan fingerprint density at radius 3 is 1.26 bits per heavy atom. The van der Waals surface area contributed by atoms with Gasteiger partial charge in [0.1, 0.15) is 24.4 Å². The van der Waals surface area contributed by atoms with Crippen LogP contribution in [-0.2, 0) is 103 Å². The van der Waals surface area contributed by atoms with E-state index in [1.807, 2.05) is 127 Å². The van der Waals surface area contributed by atoms with Gasteiger partial charge in [-0.25, -0.2) is 0 Å². The molecule has 0 spiro atoms. The van der Waals surface area contributed by atoms with Crippen molar-refractivity contribution in [1.29, 1.82) is 0 Å². The Morgan fingerprint density at radius 1 is 0.411 bits per heavy atom. The highest BCUT2D eigenvalue weighted by Gasteiger charge is 2.53. The molecular weight excluding hydrogens is 1190 g/mol. The molecule has 0 saturated carbocycles. The lowest BCUT2D eigenvalue weighted by molar-refractivity contribution is -0.270. The molecule has 2 N–H and O–H groups in total. The number of nitrogens with one attached hydrogen (secondary N) is 1. The monoisotopic (exact) mass is 1290 g/mol. The normalized spacial score (nSPS) is 25.2. The van der Waals surface area contributed by atoms with Crippen LogP contribution in [0.1, 0.15) is 130 Å². The van der Waals surface area contributed by atoms with Gasteiger partial charge in [-0.1, -0.05) is 251 Å². The first kappa shape index (κ1) is 70.9. The highest BCUT2D eigenvalue weighted by Crippen LogP contribution is 2.43. The number of hydrogen-bond acceptors (Lipinski definition) is 12. The summed E-state index contributed by atoms with van der Waals surface area (Å²) in [5.74, 6) is -1.50. The fourth-order valence-corrected chi connectivity index (χ4v) is 13.8. The van der Waals surface area contributed by atoms with E-state index in [9.17, 15) is 14.7 Å². The van der Waals surface area contributed by atoms with Crippen molar-refractivity contribution in [2.24, 2.45) is 11.8 Å². The predicted molar refractivity (Wildman–Crippen MR) is 367 cm³/mol. The summed E-state index contributed by atoms with van der Waals surface area (Å²) in [5.41, 5.74) is 7.28. The second kappa shape index (κ2) is 38.7. The average Bonchev–Trinajstić information content (AvgIpc) is 0.797. The standard InChI is InChI=1S/C81H99NO13/c1-59-78(89-53-64-37-21-11-22-38-64)81(92-56-67-43-27-14-28-44-67)80(91-55-66-41-25-13-26-42-66)73(93-59)48-68-47-72(88-52-63-35-19-10-20-36-63)75(58-87-51-62-33-17-9-18-34-62)95-71(68)49-69-74(57-86-50-61-31-15-8-16-32-61)94-70(45-29-6-4-3-5-7-30-46-76(84)85)77(82-60(2)83)79(69)90-54-65-39-23-12-24-40-65/h8-28,31-44,59,68-75,77-81H,3-7,29-30,45-58H2,1-2H3,(H,82,83)(H,84,85)/t59-,68-,69+,70-,71-,72+,73-,74+,75+,77-,78+,79-,80+,81+/m0/s1. The van der Waals surface area contributed by atoms with E-state index in [1.165, 1.54) is 0 Å². The molecule has 3 heterocycles. The van der Waals surface area contributed by atoms with Gasteiger partial charge in [0.15, 0.2) is 0 Å². The van der Waals surface area contributed by atoms with Crippen LogP contribution in [0.5, 0.6) is 0 Å². The molecule has 0 radical (unpaired) electrons. The minimum Gasteiger partial charge on any atom is -0.481 e. The number of benzene rings is 7. The number of aliphatic carboxylic acids is 1. The lowest BCUT2D eigenvalue weighted by Crippen LogP contribution is -2.63. The third-order valence-electron chi connectivity index (χ3n) is 18.7. The van der Waals surface area contributed by atoms with Crippen LogP contribution in [0, 0.1) is 11.8 Å². The van der Waals surface area contributed by atoms with Gasteiger partial charge in [-0.15, -0.1) is 0 Å². The molecule has 0 aromatic heterocycles. The van der Waals surface area contributed by atoms with Gasteiger partial charge in [0, 0.05) is 19.3 Å². The molecule has 7 aromatic carbocycles. The number of carboxylic acids is 1. The van der Waals surface area contributed by atoms with Crippen molar-refractivity contribution in [3.05, 3.63) is 251 Å². The van der Waals surface area contributed by atoms with Crippen LogP contribution in [0.4, 0.5) is 0 Å². The van der Waals surface area contributed by atoms with Crippen LogP contribution in [0.25, 0.3) is 0 Å². The van der Waals surface area contributed by atoms with E-state index < -0.39 is 79.2 Å². The van der Waals surface area contributed by atoms with Crippen LogP contribution in [0.3, 0.4) is 0 Å². The Bertz CT molecular complexity index is 3230. The fraction of sp³-hybridized carbons (Fsp3) is 0.457. The second-order valence-electron chi connectivity index (χ2n) is 26.0. The smallest absolute Gasteiger partial charge is 0.303 e. The number of amides is 1. The first-order valence-electron chi connectivity index (χ1n) is 34.6. The number of hydrogen-bond donors (Lipinski definition) is 2. The van der Waals surface area contributed by atoms with Crippen molar-refractivity contribution < 1.29 is 62.1 Å². The molecule has 10 rings (SSSR count). The zero-order chi connectivity index (χ0) is 65.7. The van der Waals surface area contributed by atoms with Gasteiger partial charge in [0.25, 0.3) is 0 Å².